The predicted molar refractivity (Wildman–Crippen MR) is 119 cm³/mol. The summed E-state index contributed by atoms with van der Waals surface area (Å²) in [6.45, 7) is 10.5. The van der Waals surface area contributed by atoms with Crippen LogP contribution < -0.4 is 15.4 Å². The molecule has 1 aliphatic heterocycles. The Kier molecular flexibility index (Phi) is 10.5. The minimum absolute atomic E-state index is 0.743. The number of likely N-dealkylation sites (N-methyl/N-ethyl adjacent to an activating group) is 1. The van der Waals surface area contributed by atoms with Crippen molar-refractivity contribution in [1.29, 1.82) is 0 Å². The Labute approximate surface area is 175 Å². The van der Waals surface area contributed by atoms with Crippen LogP contribution in [0.1, 0.15) is 25.3 Å². The van der Waals surface area contributed by atoms with Crippen LogP contribution in [0.4, 0.5) is 0 Å². The molecule has 6 nitrogen and oxygen atoms in total. The minimum Gasteiger partial charge on any atom is -0.497 e. The van der Waals surface area contributed by atoms with Crippen LogP contribution in [0.5, 0.6) is 5.75 Å². The van der Waals surface area contributed by atoms with Gasteiger partial charge in [0.25, 0.3) is 0 Å². The lowest BCUT2D eigenvalue weighted by Gasteiger charge is -2.32. The van der Waals surface area contributed by atoms with Crippen LogP contribution in [0.2, 0.25) is 5.02 Å². The van der Waals surface area contributed by atoms with E-state index in [0.29, 0.717) is 0 Å². The number of ether oxygens (including phenoxy) is 1. The number of halogens is 1. The Morgan fingerprint density at radius 1 is 1.18 bits per heavy atom. The van der Waals surface area contributed by atoms with Gasteiger partial charge in [0.2, 0.25) is 0 Å². The highest BCUT2D eigenvalue weighted by Gasteiger charge is 2.12. The summed E-state index contributed by atoms with van der Waals surface area (Å²) in [5.74, 6) is 1.67. The van der Waals surface area contributed by atoms with Gasteiger partial charge in [-0.3, -0.25) is 4.99 Å². The van der Waals surface area contributed by atoms with Gasteiger partial charge in [0.15, 0.2) is 5.96 Å². The molecule has 0 spiro atoms. The Hall–Kier alpha value is -1.50. The molecule has 2 rings (SSSR count). The van der Waals surface area contributed by atoms with Crippen molar-refractivity contribution >= 4 is 17.6 Å². The lowest BCUT2D eigenvalue weighted by Crippen LogP contribution is -2.44. The first-order valence-corrected chi connectivity index (χ1v) is 10.8. The van der Waals surface area contributed by atoms with Gasteiger partial charge in [0, 0.05) is 50.8 Å². The summed E-state index contributed by atoms with van der Waals surface area (Å²) in [7, 11) is 3.85. The van der Waals surface area contributed by atoms with Crippen molar-refractivity contribution in [1.82, 2.24) is 20.4 Å². The van der Waals surface area contributed by atoms with E-state index < -0.39 is 0 Å². The second-order valence-electron chi connectivity index (χ2n) is 7.25. The van der Waals surface area contributed by atoms with Gasteiger partial charge in [-0.1, -0.05) is 17.7 Å². The Morgan fingerprint density at radius 3 is 2.64 bits per heavy atom. The first-order chi connectivity index (χ1) is 13.6. The molecule has 1 fully saturated rings. The number of hydrogen-bond donors (Lipinski definition) is 2. The first kappa shape index (κ1) is 22.8. The van der Waals surface area contributed by atoms with Crippen LogP contribution in [-0.4, -0.2) is 82.3 Å². The van der Waals surface area contributed by atoms with Crippen molar-refractivity contribution in [2.75, 3.05) is 66.5 Å². The fourth-order valence-electron chi connectivity index (χ4n) is 3.22. The van der Waals surface area contributed by atoms with Crippen LogP contribution in [0.25, 0.3) is 0 Å². The molecule has 1 saturated heterocycles. The van der Waals surface area contributed by atoms with E-state index in [1.165, 1.54) is 39.1 Å². The van der Waals surface area contributed by atoms with E-state index in [9.17, 15) is 0 Å². The zero-order valence-corrected chi connectivity index (χ0v) is 18.4. The highest BCUT2D eigenvalue weighted by Crippen LogP contribution is 2.22. The second-order valence-corrected chi connectivity index (χ2v) is 7.65. The summed E-state index contributed by atoms with van der Waals surface area (Å²) in [6.07, 6.45) is 3.16. The molecule has 158 valence electrons. The number of rotatable bonds is 10. The third kappa shape index (κ3) is 8.25. The van der Waals surface area contributed by atoms with Gasteiger partial charge in [-0.05, 0) is 57.5 Å². The van der Waals surface area contributed by atoms with Crippen LogP contribution in [0.3, 0.4) is 0 Å². The molecule has 1 aromatic carbocycles. The average Bonchev–Trinajstić information content (AvgIpc) is 2.70. The largest absolute Gasteiger partial charge is 0.497 e. The quantitative estimate of drug-likeness (QED) is 0.353. The summed E-state index contributed by atoms with van der Waals surface area (Å²) in [6, 6.07) is 5.82. The van der Waals surface area contributed by atoms with Crippen molar-refractivity contribution in [3.8, 4) is 5.75 Å². The highest BCUT2D eigenvalue weighted by molar-refractivity contribution is 6.31. The molecule has 0 unspecified atom stereocenters. The molecular formula is C21H36ClN5O. The van der Waals surface area contributed by atoms with E-state index in [0.717, 1.165) is 54.8 Å². The fraction of sp³-hybridized carbons (Fsp3) is 0.667. The number of methoxy groups -OCH3 is 1. The number of hydrogen-bond acceptors (Lipinski definition) is 4. The van der Waals surface area contributed by atoms with Crippen molar-refractivity contribution in [3.05, 3.63) is 28.8 Å². The van der Waals surface area contributed by atoms with Crippen LogP contribution in [0.15, 0.2) is 23.2 Å². The Morgan fingerprint density at radius 2 is 1.96 bits per heavy atom. The number of nitrogens with zero attached hydrogens (tertiary/aromatic N) is 3. The number of aliphatic imine (C=N–C) groups is 1. The monoisotopic (exact) mass is 409 g/mol. The Bertz CT molecular complexity index is 602. The molecular weight excluding hydrogens is 374 g/mol. The predicted octanol–water partition coefficient (Wildman–Crippen LogP) is 2.47. The van der Waals surface area contributed by atoms with E-state index in [-0.39, 0.29) is 0 Å². The minimum atomic E-state index is 0.743. The first-order valence-electron chi connectivity index (χ1n) is 10.4. The van der Waals surface area contributed by atoms with E-state index in [4.69, 9.17) is 21.3 Å². The molecule has 7 heteroatoms. The van der Waals surface area contributed by atoms with Gasteiger partial charge in [0.1, 0.15) is 5.75 Å². The van der Waals surface area contributed by atoms with Gasteiger partial charge in [-0.25, -0.2) is 0 Å². The molecule has 2 N–H and O–H groups in total. The van der Waals surface area contributed by atoms with Crippen molar-refractivity contribution < 1.29 is 4.74 Å². The summed E-state index contributed by atoms with van der Waals surface area (Å²) in [5.41, 5.74) is 1.11. The van der Waals surface area contributed by atoms with Gasteiger partial charge >= 0.3 is 0 Å². The third-order valence-electron chi connectivity index (χ3n) is 5.04. The fourth-order valence-corrected chi connectivity index (χ4v) is 3.49. The van der Waals surface area contributed by atoms with Gasteiger partial charge in [-0.15, -0.1) is 0 Å². The molecule has 0 radical (unpaired) electrons. The topological polar surface area (TPSA) is 52.1 Å². The molecule has 0 saturated carbocycles. The molecule has 1 heterocycles. The summed E-state index contributed by atoms with van der Waals surface area (Å²) in [4.78, 5) is 9.66. The summed E-state index contributed by atoms with van der Waals surface area (Å²) in [5, 5.41) is 7.46. The molecule has 0 aromatic heterocycles. The zero-order valence-electron chi connectivity index (χ0n) is 17.6. The number of piperazine rings is 1. The maximum absolute atomic E-state index is 6.31. The summed E-state index contributed by atoms with van der Waals surface area (Å²) >= 11 is 6.31. The highest BCUT2D eigenvalue weighted by atomic mass is 35.5. The number of unbranched alkanes of at least 4 members (excludes halogenated alkanes) is 1. The van der Waals surface area contributed by atoms with Crippen molar-refractivity contribution in [2.45, 2.75) is 26.2 Å². The molecule has 28 heavy (non-hydrogen) atoms. The SMILES string of the molecule is CCNC(=NCCCCN1CCN(C)CC1)NCCc1ccc(OC)cc1Cl. The van der Waals surface area contributed by atoms with E-state index in [2.05, 4.69) is 34.4 Å². The van der Waals surface area contributed by atoms with E-state index >= 15 is 0 Å². The van der Waals surface area contributed by atoms with E-state index in [1.807, 2.05) is 18.2 Å². The molecule has 1 aromatic rings. The standard InChI is InChI=1S/C21H36ClN5O/c1-4-23-21(24-10-5-6-12-27-15-13-26(2)14-16-27)25-11-9-18-7-8-19(28-3)17-20(18)22/h7-8,17H,4-6,9-16H2,1-3H3,(H2,23,24,25). The van der Waals surface area contributed by atoms with Crippen LogP contribution in [0, 0.1) is 0 Å². The number of guanidine groups is 1. The van der Waals surface area contributed by atoms with Gasteiger partial charge in [0.05, 0.1) is 7.11 Å². The molecule has 0 atom stereocenters. The number of benzene rings is 1. The molecule has 0 amide bonds. The van der Waals surface area contributed by atoms with E-state index in [1.54, 1.807) is 7.11 Å². The lowest BCUT2D eigenvalue weighted by atomic mass is 10.1. The second kappa shape index (κ2) is 12.9. The van der Waals surface area contributed by atoms with Gasteiger partial charge in [-0.2, -0.15) is 0 Å². The maximum atomic E-state index is 6.31. The average molecular weight is 410 g/mol. The zero-order chi connectivity index (χ0) is 20.2. The smallest absolute Gasteiger partial charge is 0.191 e. The van der Waals surface area contributed by atoms with Crippen LogP contribution in [-0.2, 0) is 6.42 Å². The van der Waals surface area contributed by atoms with Crippen LogP contribution >= 0.6 is 11.6 Å². The Balaban J connectivity index is 1.67. The third-order valence-corrected chi connectivity index (χ3v) is 5.39. The maximum Gasteiger partial charge on any atom is 0.191 e. The van der Waals surface area contributed by atoms with Gasteiger partial charge < -0.3 is 25.2 Å². The number of nitrogens with one attached hydrogen (secondary N) is 2. The summed E-state index contributed by atoms with van der Waals surface area (Å²) < 4.78 is 5.20. The normalized spacial score (nSPS) is 16.2. The molecule has 1 aliphatic rings. The lowest BCUT2D eigenvalue weighted by molar-refractivity contribution is 0.152. The van der Waals surface area contributed by atoms with Crippen molar-refractivity contribution in [2.24, 2.45) is 4.99 Å². The molecule has 0 aliphatic carbocycles. The van der Waals surface area contributed by atoms with Crippen molar-refractivity contribution in [3.63, 3.8) is 0 Å². The molecule has 0 bridgehead atoms.